The Labute approximate surface area is 116 Å². The normalized spacial score (nSPS) is 11.4. The summed E-state index contributed by atoms with van der Waals surface area (Å²) in [5.41, 5.74) is 5.72. The highest BCUT2D eigenvalue weighted by atomic mass is 35.5. The number of hydrazone groups is 1. The van der Waals surface area contributed by atoms with Crippen LogP contribution in [-0.4, -0.2) is 5.71 Å². The standard InChI is InChI=1S/C14H12Cl2N2/c1-10(11-3-2-4-13(16)9-11)17-18-14-7-5-12(15)6-8-14/h2-9,18H,1H3/b17-10-. The Balaban J connectivity index is 2.11. The fourth-order valence-electron chi connectivity index (χ4n) is 1.45. The van der Waals surface area contributed by atoms with Crippen LogP contribution in [0.2, 0.25) is 10.0 Å². The van der Waals surface area contributed by atoms with Crippen LogP contribution in [-0.2, 0) is 0 Å². The zero-order valence-corrected chi connectivity index (χ0v) is 11.3. The Hall–Kier alpha value is -1.51. The van der Waals surface area contributed by atoms with Crippen LogP contribution in [0, 0.1) is 0 Å². The van der Waals surface area contributed by atoms with Gasteiger partial charge in [-0.05, 0) is 48.9 Å². The SMILES string of the molecule is C/C(=N/Nc1ccc(Cl)cc1)c1cccc(Cl)c1. The van der Waals surface area contributed by atoms with E-state index in [9.17, 15) is 0 Å². The lowest BCUT2D eigenvalue weighted by Crippen LogP contribution is -1.99. The van der Waals surface area contributed by atoms with Gasteiger partial charge in [0.2, 0.25) is 0 Å². The van der Waals surface area contributed by atoms with E-state index in [4.69, 9.17) is 23.2 Å². The maximum absolute atomic E-state index is 5.93. The average molecular weight is 279 g/mol. The molecule has 18 heavy (non-hydrogen) atoms. The van der Waals surface area contributed by atoms with E-state index in [-0.39, 0.29) is 0 Å². The van der Waals surface area contributed by atoms with Crippen LogP contribution in [0.15, 0.2) is 53.6 Å². The van der Waals surface area contributed by atoms with Crippen LogP contribution in [0.4, 0.5) is 5.69 Å². The van der Waals surface area contributed by atoms with E-state index >= 15 is 0 Å². The Kier molecular flexibility index (Phi) is 4.24. The van der Waals surface area contributed by atoms with Crippen molar-refractivity contribution in [2.45, 2.75) is 6.92 Å². The molecule has 0 amide bonds. The summed E-state index contributed by atoms with van der Waals surface area (Å²) in [4.78, 5) is 0. The highest BCUT2D eigenvalue weighted by molar-refractivity contribution is 6.31. The average Bonchev–Trinajstić information content (AvgIpc) is 2.38. The van der Waals surface area contributed by atoms with Crippen LogP contribution >= 0.6 is 23.2 Å². The minimum atomic E-state index is 0.702. The molecule has 2 aromatic carbocycles. The predicted octanol–water partition coefficient (Wildman–Crippen LogP) is 4.83. The molecule has 0 bridgehead atoms. The maximum atomic E-state index is 5.93. The summed E-state index contributed by atoms with van der Waals surface area (Å²) in [6, 6.07) is 15.0. The van der Waals surface area contributed by atoms with Gasteiger partial charge in [-0.1, -0.05) is 35.3 Å². The highest BCUT2D eigenvalue weighted by Crippen LogP contribution is 2.14. The molecule has 0 fully saturated rings. The number of rotatable bonds is 3. The summed E-state index contributed by atoms with van der Waals surface area (Å²) < 4.78 is 0. The first-order valence-electron chi connectivity index (χ1n) is 5.47. The lowest BCUT2D eigenvalue weighted by molar-refractivity contribution is 1.32. The second kappa shape index (κ2) is 5.89. The Morgan fingerprint density at radius 2 is 1.72 bits per heavy atom. The minimum Gasteiger partial charge on any atom is -0.278 e. The first kappa shape index (κ1) is 12.9. The summed E-state index contributed by atoms with van der Waals surface area (Å²) in [6.07, 6.45) is 0. The van der Waals surface area contributed by atoms with Gasteiger partial charge in [0.15, 0.2) is 0 Å². The van der Waals surface area contributed by atoms with Crippen LogP contribution in [0.25, 0.3) is 0 Å². The minimum absolute atomic E-state index is 0.702. The second-order valence-corrected chi connectivity index (χ2v) is 4.70. The summed E-state index contributed by atoms with van der Waals surface area (Å²) in [7, 11) is 0. The highest BCUT2D eigenvalue weighted by Gasteiger charge is 1.98. The van der Waals surface area contributed by atoms with Crippen molar-refractivity contribution >= 4 is 34.6 Å². The molecular weight excluding hydrogens is 267 g/mol. The molecule has 1 N–H and O–H groups in total. The summed E-state index contributed by atoms with van der Waals surface area (Å²) in [5.74, 6) is 0. The third-order valence-electron chi connectivity index (χ3n) is 2.44. The second-order valence-electron chi connectivity index (χ2n) is 3.83. The molecule has 0 aliphatic heterocycles. The predicted molar refractivity (Wildman–Crippen MR) is 78.7 cm³/mol. The smallest absolute Gasteiger partial charge is 0.0649 e. The first-order chi connectivity index (χ1) is 8.65. The molecule has 2 rings (SSSR count). The molecule has 0 unspecified atom stereocenters. The van der Waals surface area contributed by atoms with Crippen molar-refractivity contribution in [1.29, 1.82) is 0 Å². The lowest BCUT2D eigenvalue weighted by atomic mass is 10.1. The van der Waals surface area contributed by atoms with Crippen LogP contribution in [0.1, 0.15) is 12.5 Å². The van der Waals surface area contributed by atoms with E-state index < -0.39 is 0 Å². The van der Waals surface area contributed by atoms with Crippen molar-refractivity contribution in [3.05, 3.63) is 64.1 Å². The fourth-order valence-corrected chi connectivity index (χ4v) is 1.77. The van der Waals surface area contributed by atoms with Crippen LogP contribution in [0.3, 0.4) is 0 Å². The molecule has 0 radical (unpaired) electrons. The Bertz CT molecular complexity index is 562. The van der Waals surface area contributed by atoms with Gasteiger partial charge in [0.25, 0.3) is 0 Å². The van der Waals surface area contributed by atoms with Gasteiger partial charge >= 0.3 is 0 Å². The van der Waals surface area contributed by atoms with Gasteiger partial charge in [0.05, 0.1) is 11.4 Å². The number of halogens is 2. The Morgan fingerprint density at radius 1 is 1.00 bits per heavy atom. The number of nitrogens with one attached hydrogen (secondary N) is 1. The van der Waals surface area contributed by atoms with Crippen molar-refractivity contribution < 1.29 is 0 Å². The lowest BCUT2D eigenvalue weighted by Gasteiger charge is -2.04. The maximum Gasteiger partial charge on any atom is 0.0649 e. The van der Waals surface area contributed by atoms with Gasteiger partial charge in [-0.25, -0.2) is 0 Å². The molecule has 2 aromatic rings. The van der Waals surface area contributed by atoms with Crippen LogP contribution in [0.5, 0.6) is 0 Å². The van der Waals surface area contributed by atoms with E-state index in [1.54, 1.807) is 0 Å². The number of benzene rings is 2. The zero-order chi connectivity index (χ0) is 13.0. The van der Waals surface area contributed by atoms with Gasteiger partial charge < -0.3 is 0 Å². The molecule has 92 valence electrons. The van der Waals surface area contributed by atoms with Gasteiger partial charge in [-0.15, -0.1) is 0 Å². The number of hydrogen-bond donors (Lipinski definition) is 1. The largest absolute Gasteiger partial charge is 0.278 e. The van der Waals surface area contributed by atoms with E-state index in [2.05, 4.69) is 10.5 Å². The van der Waals surface area contributed by atoms with E-state index in [1.165, 1.54) is 0 Å². The van der Waals surface area contributed by atoms with E-state index in [0.29, 0.717) is 10.0 Å². The van der Waals surface area contributed by atoms with Crippen LogP contribution < -0.4 is 5.43 Å². The third kappa shape index (κ3) is 3.49. The van der Waals surface area contributed by atoms with Crippen molar-refractivity contribution in [2.75, 3.05) is 5.43 Å². The number of nitrogens with zero attached hydrogens (tertiary/aromatic N) is 1. The molecule has 2 nitrogen and oxygen atoms in total. The molecule has 4 heteroatoms. The van der Waals surface area contributed by atoms with Crippen molar-refractivity contribution in [1.82, 2.24) is 0 Å². The topological polar surface area (TPSA) is 24.4 Å². The first-order valence-corrected chi connectivity index (χ1v) is 6.22. The third-order valence-corrected chi connectivity index (χ3v) is 2.93. The summed E-state index contributed by atoms with van der Waals surface area (Å²) >= 11 is 11.7. The van der Waals surface area contributed by atoms with Gasteiger partial charge in [0.1, 0.15) is 0 Å². The molecule has 0 saturated carbocycles. The van der Waals surface area contributed by atoms with Gasteiger partial charge in [-0.3, -0.25) is 5.43 Å². The fraction of sp³-hybridized carbons (Fsp3) is 0.0714. The monoisotopic (exact) mass is 278 g/mol. The molecule has 0 aliphatic rings. The van der Waals surface area contributed by atoms with Gasteiger partial charge in [0, 0.05) is 10.0 Å². The molecule has 0 aromatic heterocycles. The van der Waals surface area contributed by atoms with Crippen molar-refractivity contribution in [3.63, 3.8) is 0 Å². The zero-order valence-electron chi connectivity index (χ0n) is 9.82. The quantitative estimate of drug-likeness (QED) is 0.631. The van der Waals surface area contributed by atoms with Crippen molar-refractivity contribution in [2.24, 2.45) is 5.10 Å². The number of anilines is 1. The molecule has 0 atom stereocenters. The Morgan fingerprint density at radius 3 is 2.39 bits per heavy atom. The van der Waals surface area contributed by atoms with E-state index in [0.717, 1.165) is 17.0 Å². The summed E-state index contributed by atoms with van der Waals surface area (Å²) in [6.45, 7) is 1.93. The summed E-state index contributed by atoms with van der Waals surface area (Å²) in [5, 5.41) is 5.71. The molecule has 0 aliphatic carbocycles. The molecular formula is C14H12Cl2N2. The molecule has 0 heterocycles. The van der Waals surface area contributed by atoms with E-state index in [1.807, 2.05) is 55.5 Å². The molecule has 0 spiro atoms. The van der Waals surface area contributed by atoms with Gasteiger partial charge in [-0.2, -0.15) is 5.10 Å². The molecule has 0 saturated heterocycles. The van der Waals surface area contributed by atoms with Crippen molar-refractivity contribution in [3.8, 4) is 0 Å². The number of hydrogen-bond acceptors (Lipinski definition) is 2.